The number of hydrogen-bond donors (Lipinski definition) is 3. The summed E-state index contributed by atoms with van der Waals surface area (Å²) in [5.41, 5.74) is 0.659. The van der Waals surface area contributed by atoms with Gasteiger partial charge in [0.2, 0.25) is 11.1 Å². The SMILES string of the molecule is CNC(=O)NC(=O)C(C)Sc1n[nH]c(-c2cc(Cl)ccc2OC)n1. The second-order valence-electron chi connectivity index (χ2n) is 4.64. The molecule has 0 aliphatic rings. The van der Waals surface area contributed by atoms with E-state index >= 15 is 0 Å². The Morgan fingerprint density at radius 1 is 1.42 bits per heavy atom. The summed E-state index contributed by atoms with van der Waals surface area (Å²) in [6.07, 6.45) is 0. The van der Waals surface area contributed by atoms with Crippen molar-refractivity contribution in [2.45, 2.75) is 17.3 Å². The molecule has 24 heavy (non-hydrogen) atoms. The number of hydrogen-bond acceptors (Lipinski definition) is 6. The number of aromatic nitrogens is 3. The topological polar surface area (TPSA) is 109 Å². The monoisotopic (exact) mass is 369 g/mol. The number of carbonyl (C=O) groups is 2. The summed E-state index contributed by atoms with van der Waals surface area (Å²) in [4.78, 5) is 27.3. The smallest absolute Gasteiger partial charge is 0.321 e. The first-order chi connectivity index (χ1) is 11.4. The molecule has 10 heteroatoms. The third-order valence-corrected chi connectivity index (χ3v) is 4.19. The van der Waals surface area contributed by atoms with E-state index in [4.69, 9.17) is 16.3 Å². The van der Waals surface area contributed by atoms with Crippen LogP contribution >= 0.6 is 23.4 Å². The lowest BCUT2D eigenvalue weighted by Gasteiger charge is -2.08. The predicted octanol–water partition coefficient (Wildman–Crippen LogP) is 2.07. The molecule has 0 aliphatic heterocycles. The van der Waals surface area contributed by atoms with E-state index in [1.54, 1.807) is 32.2 Å². The molecule has 0 saturated heterocycles. The van der Waals surface area contributed by atoms with Crippen LogP contribution in [0.1, 0.15) is 6.92 Å². The predicted molar refractivity (Wildman–Crippen MR) is 91.3 cm³/mol. The van der Waals surface area contributed by atoms with E-state index in [9.17, 15) is 9.59 Å². The van der Waals surface area contributed by atoms with Crippen molar-refractivity contribution >= 4 is 35.3 Å². The highest BCUT2D eigenvalue weighted by Crippen LogP contribution is 2.31. The average Bonchev–Trinajstić information content (AvgIpc) is 3.02. The van der Waals surface area contributed by atoms with Crippen LogP contribution < -0.4 is 15.4 Å². The van der Waals surface area contributed by atoms with E-state index < -0.39 is 17.2 Å². The summed E-state index contributed by atoms with van der Waals surface area (Å²) < 4.78 is 5.28. The molecule has 2 rings (SSSR count). The fourth-order valence-electron chi connectivity index (χ4n) is 1.77. The third kappa shape index (κ3) is 4.39. The van der Waals surface area contributed by atoms with E-state index in [2.05, 4.69) is 25.8 Å². The van der Waals surface area contributed by atoms with Crippen LogP contribution in [0.15, 0.2) is 23.4 Å². The highest BCUT2D eigenvalue weighted by molar-refractivity contribution is 8.00. The van der Waals surface area contributed by atoms with Crippen LogP contribution in [-0.2, 0) is 4.79 Å². The normalized spacial score (nSPS) is 11.7. The molecule has 1 atom stereocenters. The number of amides is 3. The summed E-state index contributed by atoms with van der Waals surface area (Å²) in [6.45, 7) is 1.65. The molecule has 2 aromatic rings. The molecule has 0 fully saturated rings. The molecule has 8 nitrogen and oxygen atoms in total. The Morgan fingerprint density at radius 3 is 2.83 bits per heavy atom. The van der Waals surface area contributed by atoms with E-state index in [1.165, 1.54) is 7.05 Å². The molecule has 0 aliphatic carbocycles. The van der Waals surface area contributed by atoms with Gasteiger partial charge in [0.05, 0.1) is 17.9 Å². The minimum Gasteiger partial charge on any atom is -0.496 e. The number of rotatable bonds is 5. The van der Waals surface area contributed by atoms with Crippen molar-refractivity contribution in [2.24, 2.45) is 0 Å². The molecule has 3 amide bonds. The van der Waals surface area contributed by atoms with Crippen molar-refractivity contribution in [3.63, 3.8) is 0 Å². The van der Waals surface area contributed by atoms with Crippen LogP contribution in [0.3, 0.4) is 0 Å². The number of urea groups is 1. The second-order valence-corrected chi connectivity index (χ2v) is 6.38. The molecule has 3 N–H and O–H groups in total. The van der Waals surface area contributed by atoms with Crippen LogP contribution in [-0.4, -0.2) is 46.5 Å². The number of thioether (sulfide) groups is 1. The summed E-state index contributed by atoms with van der Waals surface area (Å²) >= 11 is 7.12. The zero-order chi connectivity index (χ0) is 17.7. The van der Waals surface area contributed by atoms with Gasteiger partial charge in [-0.15, -0.1) is 5.10 Å². The summed E-state index contributed by atoms with van der Waals surface area (Å²) in [5, 5.41) is 11.7. The molecular weight excluding hydrogens is 354 g/mol. The Morgan fingerprint density at radius 2 is 2.17 bits per heavy atom. The van der Waals surface area contributed by atoms with Crippen LogP contribution in [0, 0.1) is 0 Å². The Hall–Kier alpha value is -2.26. The first-order valence-corrected chi connectivity index (χ1v) is 8.16. The standard InChI is InChI=1S/C14H16ClN5O3S/c1-7(12(21)18-13(22)16-2)24-14-17-11(19-20-14)9-6-8(15)4-5-10(9)23-3/h4-7H,1-3H3,(H,17,19,20)(H2,16,18,21,22). The van der Waals surface area contributed by atoms with Gasteiger partial charge in [0, 0.05) is 12.1 Å². The van der Waals surface area contributed by atoms with Crippen LogP contribution in [0.4, 0.5) is 4.79 Å². The largest absolute Gasteiger partial charge is 0.496 e. The van der Waals surface area contributed by atoms with Crippen molar-refractivity contribution in [3.05, 3.63) is 23.2 Å². The Balaban J connectivity index is 2.12. The van der Waals surface area contributed by atoms with Gasteiger partial charge >= 0.3 is 6.03 Å². The van der Waals surface area contributed by atoms with Gasteiger partial charge in [-0.25, -0.2) is 9.78 Å². The van der Waals surface area contributed by atoms with Crippen molar-refractivity contribution in [2.75, 3.05) is 14.2 Å². The number of carbonyl (C=O) groups excluding carboxylic acids is 2. The highest BCUT2D eigenvalue weighted by atomic mass is 35.5. The number of imide groups is 1. The fourth-order valence-corrected chi connectivity index (χ4v) is 2.67. The molecule has 1 aromatic heterocycles. The Kier molecular flexibility index (Phi) is 6.04. The molecular formula is C14H16ClN5O3S. The van der Waals surface area contributed by atoms with Crippen LogP contribution in [0.25, 0.3) is 11.4 Å². The number of nitrogens with one attached hydrogen (secondary N) is 3. The third-order valence-electron chi connectivity index (χ3n) is 3.00. The van der Waals surface area contributed by atoms with Gasteiger partial charge in [-0.3, -0.25) is 15.2 Å². The lowest BCUT2D eigenvalue weighted by Crippen LogP contribution is -2.41. The van der Waals surface area contributed by atoms with Crippen LogP contribution in [0.2, 0.25) is 5.02 Å². The first kappa shape index (κ1) is 18.1. The van der Waals surface area contributed by atoms with Gasteiger partial charge in [-0.05, 0) is 25.1 Å². The molecule has 0 spiro atoms. The van der Waals surface area contributed by atoms with E-state index in [-0.39, 0.29) is 0 Å². The maximum Gasteiger partial charge on any atom is 0.321 e. The van der Waals surface area contributed by atoms with E-state index in [1.807, 2.05) is 0 Å². The number of aromatic amines is 1. The Labute approximate surface area is 147 Å². The Bertz CT molecular complexity index is 752. The molecule has 0 radical (unpaired) electrons. The van der Waals surface area contributed by atoms with E-state index in [0.29, 0.717) is 27.3 Å². The number of nitrogens with zero attached hydrogens (tertiary/aromatic N) is 2. The summed E-state index contributed by atoms with van der Waals surface area (Å²) in [6, 6.07) is 4.58. The van der Waals surface area contributed by atoms with Crippen molar-refractivity contribution in [3.8, 4) is 17.1 Å². The number of methoxy groups -OCH3 is 1. The highest BCUT2D eigenvalue weighted by Gasteiger charge is 2.19. The number of H-pyrrole nitrogens is 1. The fraction of sp³-hybridized carbons (Fsp3) is 0.286. The minimum atomic E-state index is -0.563. The van der Waals surface area contributed by atoms with Crippen molar-refractivity contribution < 1.29 is 14.3 Å². The summed E-state index contributed by atoms with van der Waals surface area (Å²) in [7, 11) is 2.98. The quantitative estimate of drug-likeness (QED) is 0.696. The van der Waals surface area contributed by atoms with Gasteiger partial charge in [0.1, 0.15) is 5.75 Å². The lowest BCUT2D eigenvalue weighted by atomic mass is 10.2. The van der Waals surface area contributed by atoms with Crippen molar-refractivity contribution in [1.29, 1.82) is 0 Å². The average molecular weight is 370 g/mol. The van der Waals surface area contributed by atoms with Crippen molar-refractivity contribution in [1.82, 2.24) is 25.8 Å². The molecule has 1 heterocycles. The molecule has 0 saturated carbocycles. The first-order valence-electron chi connectivity index (χ1n) is 6.90. The zero-order valence-corrected chi connectivity index (χ0v) is 14.8. The van der Waals surface area contributed by atoms with Gasteiger partial charge < -0.3 is 10.1 Å². The number of benzene rings is 1. The molecule has 1 unspecified atom stereocenters. The second kappa shape index (κ2) is 8.02. The van der Waals surface area contributed by atoms with Gasteiger partial charge in [-0.2, -0.15) is 0 Å². The van der Waals surface area contributed by atoms with Gasteiger partial charge in [0.25, 0.3) is 0 Å². The number of halogens is 1. The zero-order valence-electron chi connectivity index (χ0n) is 13.2. The lowest BCUT2D eigenvalue weighted by molar-refractivity contribution is -0.119. The van der Waals surface area contributed by atoms with Gasteiger partial charge in [0.15, 0.2) is 5.82 Å². The van der Waals surface area contributed by atoms with E-state index in [0.717, 1.165) is 11.8 Å². The van der Waals surface area contributed by atoms with Gasteiger partial charge in [-0.1, -0.05) is 23.4 Å². The summed E-state index contributed by atoms with van der Waals surface area (Å²) in [5.74, 6) is 0.624. The van der Waals surface area contributed by atoms with Crippen LogP contribution in [0.5, 0.6) is 5.75 Å². The number of ether oxygens (including phenoxy) is 1. The molecule has 0 bridgehead atoms. The molecule has 128 valence electrons. The minimum absolute atomic E-state index is 0.367. The molecule has 1 aromatic carbocycles. The maximum absolute atomic E-state index is 11.8. The maximum atomic E-state index is 11.8.